The summed E-state index contributed by atoms with van der Waals surface area (Å²) >= 11 is 0. The first-order chi connectivity index (χ1) is 14.0. The summed E-state index contributed by atoms with van der Waals surface area (Å²) in [6.45, 7) is 6.38. The molecule has 1 aliphatic carbocycles. The summed E-state index contributed by atoms with van der Waals surface area (Å²) in [4.78, 5) is 35.2. The number of nitrogens with one attached hydrogen (secondary N) is 1. The van der Waals surface area contributed by atoms with Gasteiger partial charge in [0.2, 0.25) is 5.91 Å². The van der Waals surface area contributed by atoms with E-state index in [9.17, 15) is 9.59 Å². The van der Waals surface area contributed by atoms with Crippen molar-refractivity contribution >= 4 is 11.6 Å². The Morgan fingerprint density at radius 2 is 1.97 bits per heavy atom. The zero-order valence-electron chi connectivity index (χ0n) is 17.5. The van der Waals surface area contributed by atoms with Crippen LogP contribution in [0.5, 0.6) is 0 Å². The van der Waals surface area contributed by atoms with Gasteiger partial charge in [-0.3, -0.25) is 19.6 Å². The van der Waals surface area contributed by atoms with E-state index in [-0.39, 0.29) is 23.4 Å². The van der Waals surface area contributed by atoms with E-state index >= 15 is 0 Å². The highest BCUT2D eigenvalue weighted by Crippen LogP contribution is 2.33. The van der Waals surface area contributed by atoms with Crippen molar-refractivity contribution in [3.63, 3.8) is 0 Å². The van der Waals surface area contributed by atoms with Crippen LogP contribution in [0, 0.1) is 5.92 Å². The molecule has 156 valence electrons. The van der Waals surface area contributed by atoms with Crippen LogP contribution in [0.15, 0.2) is 10.9 Å². The molecule has 1 saturated heterocycles. The number of H-pyrrole nitrogens is 1. The Morgan fingerprint density at radius 3 is 2.72 bits per heavy atom. The van der Waals surface area contributed by atoms with Crippen LogP contribution >= 0.6 is 0 Å². The number of carbonyl (C=O) groups is 1. The molecule has 3 aliphatic rings. The Hall–Kier alpha value is -2.15. The monoisotopic (exact) mass is 397 g/mol. The van der Waals surface area contributed by atoms with E-state index < -0.39 is 0 Å². The quantitative estimate of drug-likeness (QED) is 0.864. The average Bonchev–Trinajstić information content (AvgIpc) is 3.46. The summed E-state index contributed by atoms with van der Waals surface area (Å²) in [5.41, 5.74) is 3.43. The van der Waals surface area contributed by atoms with E-state index in [4.69, 9.17) is 4.98 Å². The maximum absolute atomic E-state index is 13.3. The lowest BCUT2D eigenvalue weighted by Crippen LogP contribution is -2.41. The van der Waals surface area contributed by atoms with Crippen molar-refractivity contribution in [2.75, 3.05) is 13.1 Å². The summed E-state index contributed by atoms with van der Waals surface area (Å²) in [6, 6.07) is 2.61. The predicted molar refractivity (Wildman–Crippen MR) is 111 cm³/mol. The minimum Gasteiger partial charge on any atom is -0.334 e. The van der Waals surface area contributed by atoms with Gasteiger partial charge in [0.25, 0.3) is 5.56 Å². The van der Waals surface area contributed by atoms with Crippen LogP contribution in [0.25, 0.3) is 5.65 Å². The molecule has 29 heavy (non-hydrogen) atoms. The lowest BCUT2D eigenvalue weighted by Gasteiger charge is -2.32. The standard InChI is InChI=1S/C22H31N5O2/c1-14(2)21(28)26-10-5-8-19(26)18-12-20-23-17-9-11-25(15-6-3-4-7-15)13-16(17)22(29)27(20)24-18/h12,14-15,19,24H,3-11,13H2,1-2H3/t19-/m0/s1. The van der Waals surface area contributed by atoms with Gasteiger partial charge in [-0.15, -0.1) is 0 Å². The predicted octanol–water partition coefficient (Wildman–Crippen LogP) is 2.64. The van der Waals surface area contributed by atoms with Crippen LogP contribution in [0.3, 0.4) is 0 Å². The number of carbonyl (C=O) groups excluding carboxylic acids is 1. The van der Waals surface area contributed by atoms with E-state index in [1.807, 2.05) is 24.8 Å². The molecule has 4 heterocycles. The number of rotatable bonds is 3. The van der Waals surface area contributed by atoms with Crippen LogP contribution in [-0.4, -0.2) is 49.4 Å². The first-order valence-corrected chi connectivity index (χ1v) is 11.2. The number of nitrogens with zero attached hydrogens (tertiary/aromatic N) is 4. The highest BCUT2D eigenvalue weighted by molar-refractivity contribution is 5.78. The molecule has 7 nitrogen and oxygen atoms in total. The zero-order chi connectivity index (χ0) is 20.1. The first kappa shape index (κ1) is 18.9. The van der Waals surface area contributed by atoms with Gasteiger partial charge in [-0.1, -0.05) is 26.7 Å². The minimum absolute atomic E-state index is 0.0121. The van der Waals surface area contributed by atoms with Crippen molar-refractivity contribution in [1.82, 2.24) is 24.4 Å². The fourth-order valence-corrected chi connectivity index (χ4v) is 5.46. The van der Waals surface area contributed by atoms with Crippen molar-refractivity contribution in [2.24, 2.45) is 5.92 Å². The van der Waals surface area contributed by atoms with E-state index in [2.05, 4.69) is 10.00 Å². The molecule has 0 radical (unpaired) electrons. The normalized spacial score (nSPS) is 23.4. The highest BCUT2D eigenvalue weighted by atomic mass is 16.2. The van der Waals surface area contributed by atoms with Crippen LogP contribution in [0.1, 0.15) is 75.4 Å². The van der Waals surface area contributed by atoms with E-state index in [1.165, 1.54) is 25.7 Å². The topological polar surface area (TPSA) is 73.7 Å². The molecule has 1 saturated carbocycles. The van der Waals surface area contributed by atoms with E-state index in [0.29, 0.717) is 18.2 Å². The van der Waals surface area contributed by atoms with Gasteiger partial charge in [0.05, 0.1) is 23.0 Å². The number of hydrogen-bond acceptors (Lipinski definition) is 4. The summed E-state index contributed by atoms with van der Waals surface area (Å²) in [5, 5.41) is 3.29. The molecule has 0 bridgehead atoms. The van der Waals surface area contributed by atoms with Gasteiger partial charge in [-0.2, -0.15) is 0 Å². The summed E-state index contributed by atoms with van der Waals surface area (Å²) in [6.07, 6.45) is 7.87. The number of hydrogen-bond donors (Lipinski definition) is 1. The number of aromatic nitrogens is 3. The molecular weight excluding hydrogens is 366 g/mol. The van der Waals surface area contributed by atoms with Crippen molar-refractivity contribution in [2.45, 2.75) is 77.4 Å². The molecule has 5 rings (SSSR count). The molecule has 2 aliphatic heterocycles. The maximum atomic E-state index is 13.3. The Labute approximate surface area is 171 Å². The van der Waals surface area contributed by atoms with Crippen molar-refractivity contribution in [3.8, 4) is 0 Å². The molecule has 1 N–H and O–H groups in total. The first-order valence-electron chi connectivity index (χ1n) is 11.2. The lowest BCUT2D eigenvalue weighted by molar-refractivity contribution is -0.135. The van der Waals surface area contributed by atoms with E-state index in [1.54, 1.807) is 4.52 Å². The van der Waals surface area contributed by atoms with Crippen LogP contribution < -0.4 is 5.56 Å². The second kappa shape index (κ2) is 7.27. The molecule has 0 aromatic carbocycles. The molecular formula is C22H31N5O2. The number of likely N-dealkylation sites (tertiary alicyclic amines) is 1. The van der Waals surface area contributed by atoms with Crippen LogP contribution in [0.4, 0.5) is 0 Å². The van der Waals surface area contributed by atoms with Crippen LogP contribution in [-0.2, 0) is 17.8 Å². The number of fused-ring (bicyclic) bond motifs is 2. The molecule has 0 spiro atoms. The largest absolute Gasteiger partial charge is 0.334 e. The molecule has 0 unspecified atom stereocenters. The Bertz CT molecular complexity index is 985. The van der Waals surface area contributed by atoms with Crippen molar-refractivity contribution in [3.05, 3.63) is 33.4 Å². The smallest absolute Gasteiger partial charge is 0.277 e. The fourth-order valence-electron chi connectivity index (χ4n) is 5.46. The second-order valence-corrected chi connectivity index (χ2v) is 9.25. The summed E-state index contributed by atoms with van der Waals surface area (Å²) in [5.74, 6) is 0.160. The number of aromatic amines is 1. The third-order valence-corrected chi connectivity index (χ3v) is 7.04. The third kappa shape index (κ3) is 3.19. The summed E-state index contributed by atoms with van der Waals surface area (Å²) in [7, 11) is 0. The summed E-state index contributed by atoms with van der Waals surface area (Å²) < 4.78 is 1.60. The van der Waals surface area contributed by atoms with Gasteiger partial charge in [0.15, 0.2) is 5.65 Å². The van der Waals surface area contributed by atoms with Crippen molar-refractivity contribution in [1.29, 1.82) is 0 Å². The SMILES string of the molecule is CC(C)C(=O)N1CCC[C@H]1c1cc2nc3c(c(=O)n2[nH]1)CN(C1CCCC1)CC3. The maximum Gasteiger partial charge on any atom is 0.277 e. The zero-order valence-corrected chi connectivity index (χ0v) is 17.5. The fraction of sp³-hybridized carbons (Fsp3) is 0.682. The van der Waals surface area contributed by atoms with Gasteiger partial charge in [0, 0.05) is 44.1 Å². The number of amides is 1. The minimum atomic E-state index is -0.0188. The van der Waals surface area contributed by atoms with Gasteiger partial charge in [-0.25, -0.2) is 9.50 Å². The molecule has 1 amide bonds. The molecule has 2 aromatic rings. The Balaban J connectivity index is 1.48. The van der Waals surface area contributed by atoms with Crippen LogP contribution in [0.2, 0.25) is 0 Å². The Kier molecular flexibility index (Phi) is 4.73. The van der Waals surface area contributed by atoms with Gasteiger partial charge in [-0.05, 0) is 25.7 Å². The van der Waals surface area contributed by atoms with E-state index in [0.717, 1.165) is 49.3 Å². The highest BCUT2D eigenvalue weighted by Gasteiger charge is 2.33. The molecule has 7 heteroatoms. The third-order valence-electron chi connectivity index (χ3n) is 7.04. The second-order valence-electron chi connectivity index (χ2n) is 9.25. The average molecular weight is 398 g/mol. The molecule has 1 atom stereocenters. The lowest BCUT2D eigenvalue weighted by atomic mass is 10.0. The molecule has 2 fully saturated rings. The van der Waals surface area contributed by atoms with Gasteiger partial charge >= 0.3 is 0 Å². The van der Waals surface area contributed by atoms with Gasteiger partial charge in [0.1, 0.15) is 0 Å². The van der Waals surface area contributed by atoms with Crippen molar-refractivity contribution < 1.29 is 4.79 Å². The molecule has 2 aromatic heterocycles. The Morgan fingerprint density at radius 1 is 1.17 bits per heavy atom. The van der Waals surface area contributed by atoms with Gasteiger partial charge < -0.3 is 4.90 Å².